The molecule has 1 aliphatic heterocycles. The van der Waals surface area contributed by atoms with Crippen molar-refractivity contribution in [1.29, 1.82) is 0 Å². The highest BCUT2D eigenvalue weighted by Crippen LogP contribution is 2.27. The number of likely N-dealkylation sites (N-methyl/N-ethyl adjacent to an activating group) is 2. The average molecular weight is 318 g/mol. The van der Waals surface area contributed by atoms with Gasteiger partial charge in [-0.2, -0.15) is 4.31 Å². The van der Waals surface area contributed by atoms with E-state index in [9.17, 15) is 13.2 Å². The molecule has 20 heavy (non-hydrogen) atoms. The predicted octanol–water partition coefficient (Wildman–Crippen LogP) is 1.16. The number of nitrogens with zero attached hydrogens (tertiary/aromatic N) is 2. The maximum absolute atomic E-state index is 12.5. The third-order valence-electron chi connectivity index (χ3n) is 3.54. The minimum absolute atomic E-state index is 0.0396. The van der Waals surface area contributed by atoms with Crippen molar-refractivity contribution in [3.63, 3.8) is 0 Å². The lowest BCUT2D eigenvalue weighted by Gasteiger charge is -2.34. The van der Waals surface area contributed by atoms with Crippen LogP contribution >= 0.6 is 11.3 Å². The summed E-state index contributed by atoms with van der Waals surface area (Å²) in [6.07, 6.45) is 1.79. The first-order chi connectivity index (χ1) is 9.32. The topological polar surface area (TPSA) is 77.9 Å². The second-order valence-electron chi connectivity index (χ2n) is 5.00. The van der Waals surface area contributed by atoms with Crippen LogP contribution in [0.15, 0.2) is 16.3 Å². The predicted molar refractivity (Wildman–Crippen MR) is 76.7 cm³/mol. The Morgan fingerprint density at radius 2 is 2.20 bits per heavy atom. The Morgan fingerprint density at radius 3 is 2.75 bits per heavy atom. The van der Waals surface area contributed by atoms with Gasteiger partial charge in [0, 0.05) is 19.6 Å². The lowest BCUT2D eigenvalue weighted by molar-refractivity contribution is 0.0702. The molecule has 1 aromatic heterocycles. The summed E-state index contributed by atoms with van der Waals surface area (Å²) in [6, 6.07) is 2.64. The normalized spacial score (nSPS) is 21.2. The van der Waals surface area contributed by atoms with E-state index in [4.69, 9.17) is 5.11 Å². The number of carboxylic acids is 1. The molecule has 1 aromatic rings. The summed E-state index contributed by atoms with van der Waals surface area (Å²) in [5, 5.41) is 8.88. The van der Waals surface area contributed by atoms with E-state index in [1.807, 2.05) is 7.05 Å². The highest BCUT2D eigenvalue weighted by atomic mass is 32.2. The van der Waals surface area contributed by atoms with Crippen LogP contribution < -0.4 is 0 Å². The van der Waals surface area contributed by atoms with Gasteiger partial charge in [0.2, 0.25) is 0 Å². The highest BCUT2D eigenvalue weighted by molar-refractivity contribution is 7.91. The van der Waals surface area contributed by atoms with Crippen LogP contribution in [0.3, 0.4) is 0 Å². The summed E-state index contributed by atoms with van der Waals surface area (Å²) in [6.45, 7) is 1.68. The molecule has 1 fully saturated rings. The summed E-state index contributed by atoms with van der Waals surface area (Å²) in [7, 11) is -0.0716. The molecule has 2 rings (SSSR count). The van der Waals surface area contributed by atoms with Crippen LogP contribution in [0.25, 0.3) is 0 Å². The number of hydrogen-bond acceptors (Lipinski definition) is 5. The number of sulfonamides is 1. The molecule has 2 heterocycles. The van der Waals surface area contributed by atoms with Gasteiger partial charge < -0.3 is 10.0 Å². The van der Waals surface area contributed by atoms with Crippen LogP contribution in [0.5, 0.6) is 0 Å². The smallest absolute Gasteiger partial charge is 0.345 e. The summed E-state index contributed by atoms with van der Waals surface area (Å²) in [5.74, 6) is -1.10. The first kappa shape index (κ1) is 15.4. The van der Waals surface area contributed by atoms with E-state index in [0.29, 0.717) is 6.54 Å². The summed E-state index contributed by atoms with van der Waals surface area (Å²) < 4.78 is 26.5. The van der Waals surface area contributed by atoms with E-state index >= 15 is 0 Å². The van der Waals surface area contributed by atoms with Gasteiger partial charge in [0.1, 0.15) is 9.09 Å². The number of likely N-dealkylation sites (tertiary alicyclic amines) is 1. The van der Waals surface area contributed by atoms with Crippen molar-refractivity contribution < 1.29 is 18.3 Å². The molecule has 0 aliphatic carbocycles. The van der Waals surface area contributed by atoms with Gasteiger partial charge in [-0.3, -0.25) is 0 Å². The number of thiophene rings is 1. The first-order valence-electron chi connectivity index (χ1n) is 6.32. The third-order valence-corrected chi connectivity index (χ3v) is 6.99. The molecule has 0 amide bonds. The summed E-state index contributed by atoms with van der Waals surface area (Å²) >= 11 is 0.798. The molecule has 0 bridgehead atoms. The number of hydrogen-bond donors (Lipinski definition) is 1. The van der Waals surface area contributed by atoms with Crippen LogP contribution in [0.1, 0.15) is 22.5 Å². The van der Waals surface area contributed by atoms with Gasteiger partial charge in [-0.05, 0) is 38.6 Å². The molecular weight excluding hydrogens is 300 g/mol. The molecule has 112 valence electrons. The van der Waals surface area contributed by atoms with Gasteiger partial charge >= 0.3 is 5.97 Å². The number of carbonyl (C=O) groups is 1. The van der Waals surface area contributed by atoms with Crippen LogP contribution in [0.2, 0.25) is 0 Å². The number of aromatic carboxylic acids is 1. The van der Waals surface area contributed by atoms with E-state index in [0.717, 1.165) is 30.7 Å². The van der Waals surface area contributed by atoms with Crippen molar-refractivity contribution >= 4 is 27.3 Å². The Kier molecular flexibility index (Phi) is 4.48. The Morgan fingerprint density at radius 1 is 1.50 bits per heavy atom. The van der Waals surface area contributed by atoms with Gasteiger partial charge in [0.15, 0.2) is 0 Å². The largest absolute Gasteiger partial charge is 0.477 e. The van der Waals surface area contributed by atoms with E-state index in [1.165, 1.54) is 16.4 Å². The van der Waals surface area contributed by atoms with Crippen LogP contribution in [0, 0.1) is 0 Å². The van der Waals surface area contributed by atoms with Gasteiger partial charge in [-0.25, -0.2) is 13.2 Å². The standard InChI is InChI=1S/C12H18N2O4S2/c1-13-7-3-4-9(8-13)14(2)20(17,18)11-6-5-10(19-11)12(15)16/h5-6,9H,3-4,7-8H2,1-2H3,(H,15,16). The van der Waals surface area contributed by atoms with E-state index in [2.05, 4.69) is 4.90 Å². The van der Waals surface area contributed by atoms with Gasteiger partial charge in [0.25, 0.3) is 10.0 Å². The fourth-order valence-corrected chi connectivity index (χ4v) is 5.06. The van der Waals surface area contributed by atoms with Crippen molar-refractivity contribution in [3.8, 4) is 0 Å². The number of piperidine rings is 1. The van der Waals surface area contributed by atoms with Crippen molar-refractivity contribution in [2.24, 2.45) is 0 Å². The second kappa shape index (κ2) is 5.80. The summed E-state index contributed by atoms with van der Waals surface area (Å²) in [4.78, 5) is 13.0. The van der Waals surface area contributed by atoms with Gasteiger partial charge in [-0.15, -0.1) is 11.3 Å². The fourth-order valence-electron chi connectivity index (χ4n) is 2.35. The van der Waals surface area contributed by atoms with Gasteiger partial charge in [0.05, 0.1) is 0 Å². The highest BCUT2D eigenvalue weighted by Gasteiger charge is 2.31. The molecule has 1 N–H and O–H groups in total. The first-order valence-corrected chi connectivity index (χ1v) is 8.57. The zero-order valence-electron chi connectivity index (χ0n) is 11.4. The molecular formula is C12H18N2O4S2. The average Bonchev–Trinajstić information content (AvgIpc) is 2.88. The van der Waals surface area contributed by atoms with Crippen molar-refractivity contribution in [3.05, 3.63) is 17.0 Å². The Balaban J connectivity index is 2.22. The van der Waals surface area contributed by atoms with Crippen molar-refractivity contribution in [2.75, 3.05) is 27.2 Å². The maximum Gasteiger partial charge on any atom is 0.345 e. The molecule has 0 aromatic carbocycles. The van der Waals surface area contributed by atoms with Crippen LogP contribution in [0.4, 0.5) is 0 Å². The van der Waals surface area contributed by atoms with Crippen molar-refractivity contribution in [1.82, 2.24) is 9.21 Å². The lowest BCUT2D eigenvalue weighted by Crippen LogP contribution is -2.47. The van der Waals surface area contributed by atoms with E-state index in [-0.39, 0.29) is 15.1 Å². The molecule has 8 heteroatoms. The van der Waals surface area contributed by atoms with E-state index in [1.54, 1.807) is 7.05 Å². The Labute approximate surface area is 122 Å². The second-order valence-corrected chi connectivity index (χ2v) is 8.31. The Bertz CT molecular complexity index is 596. The molecule has 0 saturated carbocycles. The molecule has 6 nitrogen and oxygen atoms in total. The molecule has 0 radical (unpaired) electrons. The third kappa shape index (κ3) is 3.03. The minimum atomic E-state index is -3.61. The number of carboxylic acid groups (broad SMARTS) is 1. The lowest BCUT2D eigenvalue weighted by atomic mass is 10.1. The molecule has 1 saturated heterocycles. The Hall–Kier alpha value is -0.960. The number of rotatable bonds is 4. The fraction of sp³-hybridized carbons (Fsp3) is 0.583. The SMILES string of the molecule is CN1CCCC(N(C)S(=O)(=O)c2ccc(C(=O)O)s2)C1. The van der Waals surface area contributed by atoms with Crippen LogP contribution in [-0.4, -0.2) is 61.9 Å². The molecule has 1 atom stereocenters. The van der Waals surface area contributed by atoms with E-state index < -0.39 is 16.0 Å². The maximum atomic E-state index is 12.5. The minimum Gasteiger partial charge on any atom is -0.477 e. The monoisotopic (exact) mass is 318 g/mol. The summed E-state index contributed by atoms with van der Waals surface area (Å²) in [5.41, 5.74) is 0. The molecule has 1 unspecified atom stereocenters. The van der Waals surface area contributed by atoms with Gasteiger partial charge in [-0.1, -0.05) is 0 Å². The zero-order valence-corrected chi connectivity index (χ0v) is 13.1. The molecule has 1 aliphatic rings. The molecule has 0 spiro atoms. The van der Waals surface area contributed by atoms with Crippen molar-refractivity contribution in [2.45, 2.75) is 23.1 Å². The quantitative estimate of drug-likeness (QED) is 0.901. The van der Waals surface area contributed by atoms with Crippen LogP contribution in [-0.2, 0) is 10.0 Å². The zero-order chi connectivity index (χ0) is 14.9.